The number of cyclic esters (lactones) is 1. The number of aliphatic hydroxyl groups excluding tert-OH is 1. The van der Waals surface area contributed by atoms with Crippen LogP contribution in [0.25, 0.3) is 0 Å². The summed E-state index contributed by atoms with van der Waals surface area (Å²) in [6.07, 6.45) is 11.7. The van der Waals surface area contributed by atoms with Gasteiger partial charge in [-0.2, -0.15) is 0 Å². The van der Waals surface area contributed by atoms with Gasteiger partial charge in [0.25, 0.3) is 0 Å². The minimum atomic E-state index is -0.886. The van der Waals surface area contributed by atoms with Gasteiger partial charge in [-0.25, -0.2) is 0 Å². The summed E-state index contributed by atoms with van der Waals surface area (Å²) in [5.74, 6) is -2.13. The second-order valence-corrected chi connectivity index (χ2v) is 12.3. The Morgan fingerprint density at radius 1 is 1.15 bits per heavy atom. The van der Waals surface area contributed by atoms with Crippen molar-refractivity contribution in [3.05, 3.63) is 24.3 Å². The Morgan fingerprint density at radius 3 is 2.59 bits per heavy atom. The average Bonchev–Trinajstić information content (AvgIpc) is 3.10. The Kier molecular flexibility index (Phi) is 7.21. The summed E-state index contributed by atoms with van der Waals surface area (Å²) >= 11 is 1.55. The van der Waals surface area contributed by atoms with E-state index in [1.165, 1.54) is 0 Å². The van der Waals surface area contributed by atoms with Crippen molar-refractivity contribution in [1.82, 2.24) is 9.80 Å². The molecule has 0 aromatic carbocycles. The van der Waals surface area contributed by atoms with E-state index in [0.717, 1.165) is 19.3 Å². The highest BCUT2D eigenvalue weighted by Gasteiger charge is 2.74. The first-order valence-corrected chi connectivity index (χ1v) is 13.5. The number of ether oxygens (including phenoxy) is 1. The van der Waals surface area contributed by atoms with Gasteiger partial charge in [-0.1, -0.05) is 57.9 Å². The maximum absolute atomic E-state index is 14.2. The van der Waals surface area contributed by atoms with Crippen LogP contribution in [0.3, 0.4) is 0 Å². The summed E-state index contributed by atoms with van der Waals surface area (Å²) in [5, 5.41) is 10.3. The molecule has 0 aromatic heterocycles. The van der Waals surface area contributed by atoms with Crippen molar-refractivity contribution in [3.8, 4) is 0 Å². The van der Waals surface area contributed by atoms with Gasteiger partial charge in [-0.15, -0.1) is 11.8 Å². The number of fused-ring (bicyclic) bond motifs is 2. The van der Waals surface area contributed by atoms with Crippen molar-refractivity contribution in [2.24, 2.45) is 17.8 Å². The van der Waals surface area contributed by atoms with Crippen molar-refractivity contribution >= 4 is 29.5 Å². The zero-order valence-corrected chi connectivity index (χ0v) is 21.6. The highest BCUT2D eigenvalue weighted by Crippen LogP contribution is 2.65. The molecule has 0 saturated carbocycles. The molecule has 1 unspecified atom stereocenters. The smallest absolute Gasteiger partial charge is 0.311 e. The number of nitrogens with zero attached hydrogens (tertiary/aromatic N) is 2. The molecule has 4 aliphatic rings. The summed E-state index contributed by atoms with van der Waals surface area (Å²) < 4.78 is 4.02. The fraction of sp³-hybridized carbons (Fsp3) is 0.731. The van der Waals surface area contributed by atoms with Crippen molar-refractivity contribution in [1.29, 1.82) is 0 Å². The van der Waals surface area contributed by atoms with Gasteiger partial charge in [-0.05, 0) is 25.7 Å². The Hall–Kier alpha value is -1.80. The molecule has 4 rings (SSSR count). The molecule has 0 aliphatic carbocycles. The van der Waals surface area contributed by atoms with Gasteiger partial charge >= 0.3 is 5.97 Å². The van der Waals surface area contributed by atoms with Crippen LogP contribution < -0.4 is 0 Å². The van der Waals surface area contributed by atoms with Gasteiger partial charge in [0.15, 0.2) is 0 Å². The number of unbranched alkanes of at least 4 members (excludes halogenated alkanes) is 2. The number of likely N-dealkylation sites (tertiary alicyclic amines) is 1. The molecule has 4 heterocycles. The lowest BCUT2D eigenvalue weighted by atomic mass is 9.74. The van der Waals surface area contributed by atoms with Crippen LogP contribution in [0, 0.1) is 17.8 Å². The number of carbonyl (C=O) groups excluding carboxylic acids is 3. The number of carbonyl (C=O) groups is 3. The van der Waals surface area contributed by atoms with Crippen LogP contribution in [0.1, 0.15) is 53.4 Å². The molecule has 1 spiro atoms. The Morgan fingerprint density at radius 2 is 1.91 bits per heavy atom. The Balaban J connectivity index is 1.84. The summed E-state index contributed by atoms with van der Waals surface area (Å²) in [6.45, 7) is 9.21. The lowest BCUT2D eigenvalue weighted by Crippen LogP contribution is -2.58. The fourth-order valence-corrected chi connectivity index (χ4v) is 8.34. The topological polar surface area (TPSA) is 87.2 Å². The second-order valence-electron chi connectivity index (χ2n) is 10.5. The molecule has 1 N–H and O–H groups in total. The van der Waals surface area contributed by atoms with Gasteiger partial charge in [0.05, 0.1) is 35.8 Å². The summed E-state index contributed by atoms with van der Waals surface area (Å²) in [4.78, 5) is 45.1. The molecule has 0 radical (unpaired) electrons. The molecule has 2 saturated heterocycles. The third kappa shape index (κ3) is 3.91. The molecule has 0 bridgehead atoms. The molecule has 188 valence electrons. The highest BCUT2D eigenvalue weighted by molar-refractivity contribution is 8.02. The van der Waals surface area contributed by atoms with Gasteiger partial charge in [0.1, 0.15) is 6.04 Å². The van der Waals surface area contributed by atoms with Crippen molar-refractivity contribution < 1.29 is 24.2 Å². The van der Waals surface area contributed by atoms with Crippen molar-refractivity contribution in [2.45, 2.75) is 75.0 Å². The normalized spacial score (nSPS) is 36.1. The van der Waals surface area contributed by atoms with Crippen LogP contribution in [0.4, 0.5) is 0 Å². The minimum Gasteiger partial charge on any atom is -0.465 e. The van der Waals surface area contributed by atoms with E-state index >= 15 is 0 Å². The largest absolute Gasteiger partial charge is 0.465 e. The lowest BCUT2D eigenvalue weighted by Gasteiger charge is -2.41. The Bertz CT molecular complexity index is 888. The lowest BCUT2D eigenvalue weighted by molar-refractivity contribution is -0.155. The number of hydrogen-bond donors (Lipinski definition) is 1. The number of amides is 2. The van der Waals surface area contributed by atoms with Gasteiger partial charge < -0.3 is 19.6 Å². The maximum Gasteiger partial charge on any atom is 0.311 e. The summed E-state index contributed by atoms with van der Waals surface area (Å²) in [5.41, 5.74) is 0. The first-order chi connectivity index (χ1) is 16.2. The van der Waals surface area contributed by atoms with E-state index in [4.69, 9.17) is 4.74 Å². The Labute approximate surface area is 206 Å². The quantitative estimate of drug-likeness (QED) is 0.336. The highest BCUT2D eigenvalue weighted by atomic mass is 32.2. The average molecular weight is 491 g/mol. The van der Waals surface area contributed by atoms with Crippen LogP contribution in [-0.4, -0.2) is 80.6 Å². The number of esters is 1. The monoisotopic (exact) mass is 490 g/mol. The van der Waals surface area contributed by atoms with Crippen LogP contribution in [-0.2, 0) is 19.1 Å². The first kappa shape index (κ1) is 25.3. The molecule has 2 amide bonds. The van der Waals surface area contributed by atoms with E-state index in [1.54, 1.807) is 16.7 Å². The van der Waals surface area contributed by atoms with Crippen LogP contribution in [0.15, 0.2) is 24.3 Å². The number of aliphatic hydroxyl groups is 1. The van der Waals surface area contributed by atoms with E-state index in [2.05, 4.69) is 6.92 Å². The van der Waals surface area contributed by atoms with Crippen molar-refractivity contribution in [3.63, 3.8) is 0 Å². The van der Waals surface area contributed by atoms with Crippen LogP contribution in [0.5, 0.6) is 0 Å². The predicted molar refractivity (Wildman–Crippen MR) is 132 cm³/mol. The molecular weight excluding hydrogens is 452 g/mol. The number of hydrogen-bond acceptors (Lipinski definition) is 6. The van der Waals surface area contributed by atoms with Crippen molar-refractivity contribution in [2.75, 3.05) is 26.3 Å². The first-order valence-electron chi connectivity index (χ1n) is 12.7. The molecule has 0 aromatic rings. The molecule has 2 fully saturated rings. The van der Waals surface area contributed by atoms with Crippen LogP contribution >= 0.6 is 11.8 Å². The van der Waals surface area contributed by atoms with Gasteiger partial charge in [0.2, 0.25) is 11.8 Å². The van der Waals surface area contributed by atoms with E-state index in [1.807, 2.05) is 50.0 Å². The third-order valence-corrected chi connectivity index (χ3v) is 9.68. The van der Waals surface area contributed by atoms with E-state index in [0.29, 0.717) is 26.1 Å². The van der Waals surface area contributed by atoms with E-state index in [-0.39, 0.29) is 30.3 Å². The number of thioether (sulfide) groups is 1. The van der Waals surface area contributed by atoms with Gasteiger partial charge in [-0.3, -0.25) is 14.4 Å². The molecule has 4 aliphatic heterocycles. The molecule has 34 heavy (non-hydrogen) atoms. The zero-order chi connectivity index (χ0) is 24.7. The second kappa shape index (κ2) is 9.69. The fourth-order valence-electron chi connectivity index (χ4n) is 6.21. The molecule has 7 nitrogen and oxygen atoms in total. The van der Waals surface area contributed by atoms with E-state index in [9.17, 15) is 19.5 Å². The third-order valence-electron chi connectivity index (χ3n) is 7.89. The summed E-state index contributed by atoms with van der Waals surface area (Å²) in [6, 6.07) is -1.26. The molecular formula is C26H38N2O5S. The number of rotatable bonds is 7. The zero-order valence-electron chi connectivity index (χ0n) is 20.7. The van der Waals surface area contributed by atoms with Gasteiger partial charge in [0, 0.05) is 17.8 Å². The SMILES string of the molecule is CCCCCN1CC=C[C@]23S[C@@]4(C)C=CCCOC(=O)[C@H]4[C@H]2C(=O)N([C@@H](CO)C(C)C)C3C1=O. The van der Waals surface area contributed by atoms with E-state index < -0.39 is 33.4 Å². The maximum atomic E-state index is 14.2. The molecule has 8 heteroatoms. The standard InChI is InChI=1S/C26H38N2O5S/c1-5-6-8-13-27-14-10-12-26-19(20-24(32)33-15-9-7-11-25(20,4)34-26)22(30)28(21(26)23(27)31)18(16-29)17(2)3/h7,10-12,17-21,29H,5-6,8-9,13-16H2,1-4H3/t18-,19-,20+,21?,25-,26-/m0/s1. The summed E-state index contributed by atoms with van der Waals surface area (Å²) in [7, 11) is 0. The molecule has 6 atom stereocenters. The van der Waals surface area contributed by atoms with Crippen LogP contribution in [0.2, 0.25) is 0 Å². The predicted octanol–water partition coefficient (Wildman–Crippen LogP) is 2.78. The minimum absolute atomic E-state index is 0.0426.